The van der Waals surface area contributed by atoms with Crippen molar-refractivity contribution in [1.82, 2.24) is 0 Å². The van der Waals surface area contributed by atoms with Crippen molar-refractivity contribution in [3.05, 3.63) is 24.0 Å². The molecule has 0 bridgehead atoms. The Morgan fingerprint density at radius 1 is 1.50 bits per heavy atom. The van der Waals surface area contributed by atoms with Gasteiger partial charge in [0.15, 0.2) is 0 Å². The fourth-order valence-corrected chi connectivity index (χ4v) is 1.83. The Kier molecular flexibility index (Phi) is 3.29. The minimum Gasteiger partial charge on any atom is -0.399 e. The highest BCUT2D eigenvalue weighted by Crippen LogP contribution is 2.33. The van der Waals surface area contributed by atoms with Gasteiger partial charge in [-0.05, 0) is 31.0 Å². The monoisotopic (exact) mass is 224 g/mol. The number of anilines is 2. The number of rotatable bonds is 5. The number of ether oxygens (including phenoxy) is 1. The van der Waals surface area contributed by atoms with E-state index in [1.807, 2.05) is 0 Å². The van der Waals surface area contributed by atoms with E-state index < -0.39 is 0 Å². The Bertz CT molecular complexity index is 366. The van der Waals surface area contributed by atoms with Crippen LogP contribution < -0.4 is 10.6 Å². The van der Waals surface area contributed by atoms with Crippen molar-refractivity contribution in [2.75, 3.05) is 30.9 Å². The molecule has 0 aromatic heterocycles. The highest BCUT2D eigenvalue weighted by Gasteiger charge is 2.30. The average molecular weight is 224 g/mol. The molecule has 1 aliphatic carbocycles. The number of halogens is 1. The van der Waals surface area contributed by atoms with Gasteiger partial charge in [-0.25, -0.2) is 4.39 Å². The number of methoxy groups -OCH3 is 1. The number of benzene rings is 1. The third-order valence-corrected chi connectivity index (χ3v) is 2.81. The van der Waals surface area contributed by atoms with E-state index in [4.69, 9.17) is 10.5 Å². The molecule has 88 valence electrons. The van der Waals surface area contributed by atoms with E-state index >= 15 is 0 Å². The summed E-state index contributed by atoms with van der Waals surface area (Å²) in [4.78, 5) is 2.07. The lowest BCUT2D eigenvalue weighted by molar-refractivity contribution is 0.204. The molecule has 2 N–H and O–H groups in total. The van der Waals surface area contributed by atoms with Crippen molar-refractivity contribution in [1.29, 1.82) is 0 Å². The summed E-state index contributed by atoms with van der Waals surface area (Å²) < 4.78 is 18.8. The van der Waals surface area contributed by atoms with Gasteiger partial charge in [-0.3, -0.25) is 0 Å². The van der Waals surface area contributed by atoms with Gasteiger partial charge in [0.2, 0.25) is 0 Å². The highest BCUT2D eigenvalue weighted by atomic mass is 19.1. The fourth-order valence-electron chi connectivity index (χ4n) is 1.83. The van der Waals surface area contributed by atoms with Crippen LogP contribution in [0.4, 0.5) is 15.8 Å². The third kappa shape index (κ3) is 2.44. The first-order valence-electron chi connectivity index (χ1n) is 5.53. The molecule has 0 spiro atoms. The predicted molar refractivity (Wildman–Crippen MR) is 63.1 cm³/mol. The van der Waals surface area contributed by atoms with Gasteiger partial charge in [-0.2, -0.15) is 0 Å². The minimum absolute atomic E-state index is 0.247. The first kappa shape index (κ1) is 11.2. The molecular formula is C12H17FN2O. The molecule has 1 fully saturated rings. The molecule has 4 heteroatoms. The van der Waals surface area contributed by atoms with Crippen LogP contribution in [0, 0.1) is 5.82 Å². The van der Waals surface area contributed by atoms with Crippen LogP contribution in [-0.4, -0.2) is 26.3 Å². The van der Waals surface area contributed by atoms with E-state index in [1.165, 1.54) is 6.07 Å². The molecule has 16 heavy (non-hydrogen) atoms. The maximum absolute atomic E-state index is 13.8. The van der Waals surface area contributed by atoms with Crippen LogP contribution in [0.1, 0.15) is 12.8 Å². The maximum Gasteiger partial charge on any atom is 0.148 e. The number of hydrogen-bond donors (Lipinski definition) is 1. The summed E-state index contributed by atoms with van der Waals surface area (Å²) >= 11 is 0. The molecule has 0 saturated heterocycles. The normalized spacial score (nSPS) is 15.1. The van der Waals surface area contributed by atoms with Gasteiger partial charge in [-0.15, -0.1) is 0 Å². The molecule has 1 aliphatic rings. The van der Waals surface area contributed by atoms with Crippen molar-refractivity contribution in [2.24, 2.45) is 0 Å². The van der Waals surface area contributed by atoms with E-state index in [0.717, 1.165) is 19.4 Å². The second-order valence-electron chi connectivity index (χ2n) is 4.13. The van der Waals surface area contributed by atoms with Crippen LogP contribution in [-0.2, 0) is 4.74 Å². The summed E-state index contributed by atoms with van der Waals surface area (Å²) in [6, 6.07) is 5.32. The first-order valence-corrected chi connectivity index (χ1v) is 5.53. The number of nitrogens with zero attached hydrogens (tertiary/aromatic N) is 1. The topological polar surface area (TPSA) is 38.5 Å². The molecule has 0 heterocycles. The first-order chi connectivity index (χ1) is 7.72. The van der Waals surface area contributed by atoms with Gasteiger partial charge >= 0.3 is 0 Å². The largest absolute Gasteiger partial charge is 0.399 e. The fraction of sp³-hybridized carbons (Fsp3) is 0.500. The molecule has 1 aromatic rings. The molecule has 1 aromatic carbocycles. The zero-order valence-corrected chi connectivity index (χ0v) is 9.45. The summed E-state index contributed by atoms with van der Waals surface area (Å²) in [6.07, 6.45) is 2.26. The summed E-state index contributed by atoms with van der Waals surface area (Å²) in [5, 5.41) is 0. The second-order valence-corrected chi connectivity index (χ2v) is 4.13. The van der Waals surface area contributed by atoms with Crippen molar-refractivity contribution >= 4 is 11.4 Å². The third-order valence-electron chi connectivity index (χ3n) is 2.81. The van der Waals surface area contributed by atoms with E-state index in [1.54, 1.807) is 19.2 Å². The quantitative estimate of drug-likeness (QED) is 0.778. The molecule has 3 nitrogen and oxygen atoms in total. The average Bonchev–Trinajstić information content (AvgIpc) is 3.05. The highest BCUT2D eigenvalue weighted by molar-refractivity contribution is 5.55. The summed E-state index contributed by atoms with van der Waals surface area (Å²) in [5.74, 6) is -0.247. The molecule has 0 aliphatic heterocycles. The zero-order valence-electron chi connectivity index (χ0n) is 9.45. The standard InChI is InChI=1S/C12H17FN2O/c1-16-7-6-15(10-3-4-10)12-5-2-9(14)8-11(12)13/h2,5,8,10H,3-4,6-7,14H2,1H3. The Morgan fingerprint density at radius 2 is 2.25 bits per heavy atom. The molecule has 2 rings (SSSR count). The smallest absolute Gasteiger partial charge is 0.148 e. The predicted octanol–water partition coefficient (Wildman–Crippen LogP) is 2.02. The summed E-state index contributed by atoms with van der Waals surface area (Å²) in [6.45, 7) is 1.34. The number of nitrogens with two attached hydrogens (primary N) is 1. The molecule has 0 atom stereocenters. The van der Waals surface area contributed by atoms with Gasteiger partial charge in [-0.1, -0.05) is 0 Å². The lowest BCUT2D eigenvalue weighted by Gasteiger charge is -2.24. The Balaban J connectivity index is 2.17. The number of hydrogen-bond acceptors (Lipinski definition) is 3. The number of nitrogen functional groups attached to an aromatic ring is 1. The van der Waals surface area contributed by atoms with Crippen molar-refractivity contribution in [3.8, 4) is 0 Å². The lowest BCUT2D eigenvalue weighted by atomic mass is 10.2. The van der Waals surface area contributed by atoms with Crippen LogP contribution >= 0.6 is 0 Å². The van der Waals surface area contributed by atoms with E-state index in [9.17, 15) is 4.39 Å². The van der Waals surface area contributed by atoms with Gasteiger partial charge in [0.25, 0.3) is 0 Å². The Morgan fingerprint density at radius 3 is 2.81 bits per heavy atom. The summed E-state index contributed by atoms with van der Waals surface area (Å²) in [5.41, 5.74) is 6.63. The molecular weight excluding hydrogens is 207 g/mol. The molecule has 0 radical (unpaired) electrons. The van der Waals surface area contributed by atoms with Crippen molar-refractivity contribution in [2.45, 2.75) is 18.9 Å². The zero-order chi connectivity index (χ0) is 11.5. The van der Waals surface area contributed by atoms with E-state index in [-0.39, 0.29) is 5.82 Å². The van der Waals surface area contributed by atoms with Crippen LogP contribution in [0.3, 0.4) is 0 Å². The molecule has 1 saturated carbocycles. The Hall–Kier alpha value is -1.29. The van der Waals surface area contributed by atoms with Crippen LogP contribution in [0.25, 0.3) is 0 Å². The van der Waals surface area contributed by atoms with Crippen LogP contribution in [0.5, 0.6) is 0 Å². The van der Waals surface area contributed by atoms with Gasteiger partial charge < -0.3 is 15.4 Å². The lowest BCUT2D eigenvalue weighted by Crippen LogP contribution is -2.30. The Labute approximate surface area is 95.0 Å². The minimum atomic E-state index is -0.247. The van der Waals surface area contributed by atoms with Gasteiger partial charge in [0.1, 0.15) is 5.82 Å². The van der Waals surface area contributed by atoms with Gasteiger partial charge in [0.05, 0.1) is 12.3 Å². The van der Waals surface area contributed by atoms with E-state index in [2.05, 4.69) is 4.90 Å². The summed E-state index contributed by atoms with van der Waals surface area (Å²) in [7, 11) is 1.66. The van der Waals surface area contributed by atoms with Gasteiger partial charge in [0, 0.05) is 25.4 Å². The second kappa shape index (κ2) is 4.70. The maximum atomic E-state index is 13.8. The van der Waals surface area contributed by atoms with Crippen LogP contribution in [0.15, 0.2) is 18.2 Å². The van der Waals surface area contributed by atoms with Crippen molar-refractivity contribution < 1.29 is 9.13 Å². The molecule has 0 amide bonds. The molecule has 0 unspecified atom stereocenters. The van der Waals surface area contributed by atoms with Crippen molar-refractivity contribution in [3.63, 3.8) is 0 Å². The van der Waals surface area contributed by atoms with E-state index in [0.29, 0.717) is 24.0 Å². The SMILES string of the molecule is COCCN(c1ccc(N)cc1F)C1CC1. The van der Waals surface area contributed by atoms with Crippen LogP contribution in [0.2, 0.25) is 0 Å².